The lowest BCUT2D eigenvalue weighted by molar-refractivity contribution is 0.0523. The summed E-state index contributed by atoms with van der Waals surface area (Å²) in [6.45, 7) is 6.29. The van der Waals surface area contributed by atoms with Gasteiger partial charge < -0.3 is 14.8 Å². The summed E-state index contributed by atoms with van der Waals surface area (Å²) < 4.78 is 10.6. The van der Waals surface area contributed by atoms with E-state index >= 15 is 0 Å². The Hall–Kier alpha value is -0.770. The zero-order valence-electron chi connectivity index (χ0n) is 10.3. The highest BCUT2D eigenvalue weighted by atomic mass is 16.6. The molecular formula is C12H21NO3. The van der Waals surface area contributed by atoms with Crippen LogP contribution in [0.3, 0.4) is 0 Å². The van der Waals surface area contributed by atoms with E-state index in [0.29, 0.717) is 24.7 Å². The van der Waals surface area contributed by atoms with E-state index in [4.69, 9.17) is 9.47 Å². The van der Waals surface area contributed by atoms with Crippen molar-refractivity contribution in [1.29, 1.82) is 0 Å². The van der Waals surface area contributed by atoms with E-state index in [-0.39, 0.29) is 6.09 Å². The molecule has 1 N–H and O–H groups in total. The molecule has 0 aromatic rings. The van der Waals surface area contributed by atoms with Crippen LogP contribution in [0, 0.1) is 5.92 Å². The zero-order valence-corrected chi connectivity index (χ0v) is 10.3. The number of alkyl carbamates (subject to hydrolysis) is 1. The number of rotatable bonds is 3. The van der Waals surface area contributed by atoms with Gasteiger partial charge in [-0.3, -0.25) is 0 Å². The van der Waals surface area contributed by atoms with Gasteiger partial charge in [0.25, 0.3) is 0 Å². The van der Waals surface area contributed by atoms with E-state index in [1.165, 1.54) is 12.8 Å². The van der Waals surface area contributed by atoms with E-state index in [2.05, 4.69) is 5.32 Å². The van der Waals surface area contributed by atoms with Crippen molar-refractivity contribution in [2.75, 3.05) is 6.54 Å². The first-order valence-electron chi connectivity index (χ1n) is 6.08. The van der Waals surface area contributed by atoms with Crippen LogP contribution in [0.15, 0.2) is 0 Å². The Morgan fingerprint density at radius 2 is 2.19 bits per heavy atom. The lowest BCUT2D eigenvalue weighted by Gasteiger charge is -2.20. The number of epoxide rings is 1. The van der Waals surface area contributed by atoms with Gasteiger partial charge in [0, 0.05) is 6.54 Å². The maximum atomic E-state index is 11.4. The molecule has 1 saturated carbocycles. The Labute approximate surface area is 96.7 Å². The van der Waals surface area contributed by atoms with Gasteiger partial charge in [-0.1, -0.05) is 0 Å². The maximum Gasteiger partial charge on any atom is 0.407 e. The van der Waals surface area contributed by atoms with Gasteiger partial charge in [0.05, 0.1) is 12.2 Å². The van der Waals surface area contributed by atoms with Crippen molar-refractivity contribution < 1.29 is 14.3 Å². The van der Waals surface area contributed by atoms with Gasteiger partial charge in [-0.05, 0) is 46.0 Å². The minimum absolute atomic E-state index is 0.321. The molecule has 0 spiro atoms. The summed E-state index contributed by atoms with van der Waals surface area (Å²) in [7, 11) is 0. The average Bonchev–Trinajstić information content (AvgIpc) is 2.80. The first-order chi connectivity index (χ1) is 7.46. The van der Waals surface area contributed by atoms with Gasteiger partial charge in [-0.2, -0.15) is 0 Å². The van der Waals surface area contributed by atoms with E-state index in [0.717, 1.165) is 6.42 Å². The number of ether oxygens (including phenoxy) is 2. The molecular weight excluding hydrogens is 206 g/mol. The molecule has 1 amide bonds. The largest absolute Gasteiger partial charge is 0.444 e. The number of fused-ring (bicyclic) bond motifs is 1. The van der Waals surface area contributed by atoms with Crippen LogP contribution in [-0.4, -0.2) is 30.4 Å². The van der Waals surface area contributed by atoms with Gasteiger partial charge in [0.1, 0.15) is 5.60 Å². The normalized spacial score (nSPS) is 32.1. The fourth-order valence-corrected chi connectivity index (χ4v) is 2.33. The van der Waals surface area contributed by atoms with Crippen molar-refractivity contribution in [3.05, 3.63) is 0 Å². The first kappa shape index (κ1) is 11.7. The van der Waals surface area contributed by atoms with Gasteiger partial charge >= 0.3 is 6.09 Å². The third kappa shape index (κ3) is 3.11. The molecule has 0 bridgehead atoms. The molecule has 1 saturated heterocycles. The number of amides is 1. The third-order valence-electron chi connectivity index (χ3n) is 3.09. The molecule has 4 nitrogen and oxygen atoms in total. The van der Waals surface area contributed by atoms with Crippen molar-refractivity contribution in [2.45, 2.75) is 57.8 Å². The van der Waals surface area contributed by atoms with Crippen molar-refractivity contribution >= 4 is 6.09 Å². The second-order valence-electron chi connectivity index (χ2n) is 5.69. The highest BCUT2D eigenvalue weighted by Gasteiger charge is 2.49. The molecule has 2 aliphatic rings. The average molecular weight is 227 g/mol. The first-order valence-corrected chi connectivity index (χ1v) is 6.08. The molecule has 1 heterocycles. The minimum atomic E-state index is -0.415. The van der Waals surface area contributed by atoms with Crippen LogP contribution in [0.5, 0.6) is 0 Å². The molecule has 2 fully saturated rings. The summed E-state index contributed by atoms with van der Waals surface area (Å²) in [5.41, 5.74) is -0.415. The quantitative estimate of drug-likeness (QED) is 0.751. The van der Waals surface area contributed by atoms with Crippen molar-refractivity contribution in [1.82, 2.24) is 5.32 Å². The van der Waals surface area contributed by atoms with Crippen LogP contribution in [-0.2, 0) is 9.47 Å². The van der Waals surface area contributed by atoms with Gasteiger partial charge in [-0.15, -0.1) is 0 Å². The second kappa shape index (κ2) is 4.24. The molecule has 16 heavy (non-hydrogen) atoms. The Morgan fingerprint density at radius 1 is 1.44 bits per heavy atom. The van der Waals surface area contributed by atoms with Gasteiger partial charge in [0.2, 0.25) is 0 Å². The molecule has 0 aromatic carbocycles. The predicted molar refractivity (Wildman–Crippen MR) is 60.2 cm³/mol. The molecule has 0 unspecified atom stereocenters. The van der Waals surface area contributed by atoms with E-state index in [9.17, 15) is 4.79 Å². The van der Waals surface area contributed by atoms with Crippen LogP contribution < -0.4 is 5.32 Å². The summed E-state index contributed by atoms with van der Waals surface area (Å²) >= 11 is 0. The summed E-state index contributed by atoms with van der Waals surface area (Å²) in [6.07, 6.45) is 4.14. The lowest BCUT2D eigenvalue weighted by Crippen LogP contribution is -2.33. The molecule has 2 rings (SSSR count). The summed E-state index contributed by atoms with van der Waals surface area (Å²) in [5.74, 6) is 0.639. The van der Waals surface area contributed by atoms with Gasteiger partial charge in [-0.25, -0.2) is 4.79 Å². The van der Waals surface area contributed by atoms with Crippen LogP contribution in [0.4, 0.5) is 4.79 Å². The molecule has 3 atom stereocenters. The van der Waals surface area contributed by atoms with E-state index in [1.54, 1.807) is 0 Å². The van der Waals surface area contributed by atoms with Gasteiger partial charge in [0.15, 0.2) is 0 Å². The maximum absolute atomic E-state index is 11.4. The summed E-state index contributed by atoms with van der Waals surface area (Å²) in [5, 5.41) is 2.79. The standard InChI is InChI=1S/C12H21NO3/c1-12(2,3)16-11(14)13-7-6-8-4-5-9-10(8)15-9/h8-10H,4-7H2,1-3H3,(H,13,14)/t8-,9-,10+/m0/s1. The molecule has 0 radical (unpaired) electrons. The fourth-order valence-electron chi connectivity index (χ4n) is 2.33. The van der Waals surface area contributed by atoms with E-state index in [1.807, 2.05) is 20.8 Å². The van der Waals surface area contributed by atoms with E-state index < -0.39 is 5.60 Å². The summed E-state index contributed by atoms with van der Waals surface area (Å²) in [6, 6.07) is 0. The molecule has 4 heteroatoms. The Morgan fingerprint density at radius 3 is 2.69 bits per heavy atom. The monoisotopic (exact) mass is 227 g/mol. The Bertz CT molecular complexity index is 272. The smallest absolute Gasteiger partial charge is 0.407 e. The Balaban J connectivity index is 1.59. The molecule has 1 aliphatic heterocycles. The van der Waals surface area contributed by atoms with Crippen molar-refractivity contribution in [3.8, 4) is 0 Å². The summed E-state index contributed by atoms with van der Waals surface area (Å²) in [4.78, 5) is 11.4. The third-order valence-corrected chi connectivity index (χ3v) is 3.09. The van der Waals surface area contributed by atoms with Crippen LogP contribution in [0.1, 0.15) is 40.0 Å². The number of carbonyl (C=O) groups is 1. The van der Waals surface area contributed by atoms with Crippen LogP contribution in [0.2, 0.25) is 0 Å². The molecule has 1 aliphatic carbocycles. The van der Waals surface area contributed by atoms with Crippen molar-refractivity contribution in [2.24, 2.45) is 5.92 Å². The SMILES string of the molecule is CC(C)(C)OC(=O)NCC[C@@H]1CC[C@@H]2O[C@H]12. The predicted octanol–water partition coefficient (Wildman–Crippen LogP) is 2.08. The topological polar surface area (TPSA) is 50.9 Å². The highest BCUT2D eigenvalue weighted by molar-refractivity contribution is 5.67. The minimum Gasteiger partial charge on any atom is -0.444 e. The lowest BCUT2D eigenvalue weighted by atomic mass is 10.0. The number of hydrogen-bond acceptors (Lipinski definition) is 3. The second-order valence-corrected chi connectivity index (χ2v) is 5.69. The molecule has 92 valence electrons. The number of carbonyl (C=O) groups excluding carboxylic acids is 1. The van der Waals surface area contributed by atoms with Crippen LogP contribution >= 0.6 is 0 Å². The Kier molecular flexibility index (Phi) is 3.10. The highest BCUT2D eigenvalue weighted by Crippen LogP contribution is 2.44. The van der Waals surface area contributed by atoms with Crippen molar-refractivity contribution in [3.63, 3.8) is 0 Å². The van der Waals surface area contributed by atoms with Crippen LogP contribution in [0.25, 0.3) is 0 Å². The molecule has 0 aromatic heterocycles. The number of nitrogens with one attached hydrogen (secondary N) is 1. The zero-order chi connectivity index (χ0) is 11.8. The number of hydrogen-bond donors (Lipinski definition) is 1. The fraction of sp³-hybridized carbons (Fsp3) is 0.917.